The van der Waals surface area contributed by atoms with Crippen molar-refractivity contribution in [1.82, 2.24) is 34.0 Å². The zero-order valence-electron chi connectivity index (χ0n) is 29.5. The molecule has 3 heterocycles. The fraction of sp³-hybridized carbons (Fsp3) is 0.417. The Morgan fingerprint density at radius 3 is 2.33 bits per heavy atom. The maximum atomic E-state index is 15.5. The maximum Gasteiger partial charge on any atom is 0.291 e. The first-order valence-electron chi connectivity index (χ1n) is 16.9. The van der Waals surface area contributed by atoms with Gasteiger partial charge in [-0.3, -0.25) is 19.1 Å². The molecule has 0 saturated carbocycles. The highest BCUT2D eigenvalue weighted by molar-refractivity contribution is 6.34. The summed E-state index contributed by atoms with van der Waals surface area (Å²) in [5.41, 5.74) is 7.36. The van der Waals surface area contributed by atoms with Crippen LogP contribution in [0.15, 0.2) is 42.7 Å². The van der Waals surface area contributed by atoms with Crippen LogP contribution >= 0.6 is 11.6 Å². The maximum absolute atomic E-state index is 15.5. The third-order valence-electron chi connectivity index (χ3n) is 9.25. The van der Waals surface area contributed by atoms with Gasteiger partial charge >= 0.3 is 0 Å². The fourth-order valence-electron chi connectivity index (χ4n) is 6.28. The quantitative estimate of drug-likeness (QED) is 0.217. The normalized spacial score (nSPS) is 13.9. The lowest BCUT2D eigenvalue weighted by molar-refractivity contribution is -0.137. The highest BCUT2D eigenvalue weighted by atomic mass is 35.5. The molecule has 0 bridgehead atoms. The topological polar surface area (TPSA) is 135 Å². The molecule has 3 amide bonds. The van der Waals surface area contributed by atoms with Gasteiger partial charge in [-0.1, -0.05) is 24.6 Å². The Morgan fingerprint density at radius 2 is 1.69 bits per heavy atom. The summed E-state index contributed by atoms with van der Waals surface area (Å²) in [6.07, 6.45) is 4.48. The minimum atomic E-state index is -1.08. The second kappa shape index (κ2) is 16.1. The van der Waals surface area contributed by atoms with Crippen molar-refractivity contribution in [2.45, 2.75) is 33.2 Å². The molecule has 3 N–H and O–H groups in total. The number of anilines is 1. The van der Waals surface area contributed by atoms with Crippen molar-refractivity contribution < 1.29 is 23.2 Å². The number of aromatic nitrogens is 4. The summed E-state index contributed by atoms with van der Waals surface area (Å²) in [5.74, 6) is -2.99. The Labute approximate surface area is 301 Å². The number of amides is 3. The third-order valence-corrected chi connectivity index (χ3v) is 9.56. The molecule has 1 fully saturated rings. The summed E-state index contributed by atoms with van der Waals surface area (Å²) in [4.78, 5) is 49.4. The van der Waals surface area contributed by atoms with Crippen LogP contribution in [0.3, 0.4) is 0 Å². The van der Waals surface area contributed by atoms with Crippen LogP contribution in [0, 0.1) is 24.5 Å². The largest absolute Gasteiger partial charge is 0.339 e. The number of hydrogen-bond donors (Lipinski definition) is 2. The smallest absolute Gasteiger partial charge is 0.291 e. The predicted octanol–water partition coefficient (Wildman–Crippen LogP) is 4.66. The molecule has 0 spiro atoms. The summed E-state index contributed by atoms with van der Waals surface area (Å²) in [7, 11) is 5.50. The summed E-state index contributed by atoms with van der Waals surface area (Å²) < 4.78 is 33.8. The van der Waals surface area contributed by atoms with Crippen LogP contribution in [0.25, 0.3) is 22.4 Å². The molecular formula is C36H44ClF2N9O3. The molecule has 0 radical (unpaired) electrons. The fourth-order valence-corrected chi connectivity index (χ4v) is 6.54. The van der Waals surface area contributed by atoms with Crippen molar-refractivity contribution in [3.05, 3.63) is 76.5 Å². The molecule has 1 saturated heterocycles. The Bertz CT molecular complexity index is 1920. The van der Waals surface area contributed by atoms with E-state index in [1.807, 2.05) is 25.9 Å². The molecular weight excluding hydrogens is 680 g/mol. The Morgan fingerprint density at radius 1 is 1.02 bits per heavy atom. The number of nitrogens with zero attached hydrogens (tertiary/aromatic N) is 7. The van der Waals surface area contributed by atoms with E-state index in [2.05, 4.69) is 20.3 Å². The molecule has 1 aliphatic rings. The summed E-state index contributed by atoms with van der Waals surface area (Å²) in [6.45, 7) is 7.02. The van der Waals surface area contributed by atoms with Crippen LogP contribution in [-0.2, 0) is 18.4 Å². The number of aryl methyl sites for hydroxylation is 1. The number of benzene rings is 2. The van der Waals surface area contributed by atoms with E-state index in [-0.39, 0.29) is 51.0 Å². The van der Waals surface area contributed by atoms with Crippen LogP contribution in [0.5, 0.6) is 0 Å². The summed E-state index contributed by atoms with van der Waals surface area (Å²) in [6, 6.07) is 7.48. The molecule has 12 nitrogen and oxygen atoms in total. The number of carbonyl (C=O) groups is 3. The molecule has 272 valence electrons. The minimum absolute atomic E-state index is 0.0476. The number of carbonyl (C=O) groups excluding carboxylic acids is 3. The Kier molecular flexibility index (Phi) is 11.9. The first-order chi connectivity index (χ1) is 24.3. The van der Waals surface area contributed by atoms with E-state index < -0.39 is 17.5 Å². The van der Waals surface area contributed by atoms with Gasteiger partial charge in [0.1, 0.15) is 0 Å². The molecule has 15 heteroatoms. The van der Waals surface area contributed by atoms with Crippen LogP contribution in [-0.4, -0.2) is 105 Å². The van der Waals surface area contributed by atoms with Crippen LogP contribution < -0.4 is 11.1 Å². The molecule has 2 aromatic heterocycles. The molecule has 4 aromatic rings. The number of piperazine rings is 1. The number of halogens is 3. The van der Waals surface area contributed by atoms with Crippen LogP contribution in [0.4, 0.5) is 14.5 Å². The predicted molar refractivity (Wildman–Crippen MR) is 192 cm³/mol. The van der Waals surface area contributed by atoms with Gasteiger partial charge in [0, 0.05) is 74.3 Å². The minimum Gasteiger partial charge on any atom is -0.339 e. The van der Waals surface area contributed by atoms with E-state index in [1.165, 1.54) is 42.1 Å². The Balaban J connectivity index is 1.23. The van der Waals surface area contributed by atoms with Gasteiger partial charge in [-0.2, -0.15) is 5.10 Å². The van der Waals surface area contributed by atoms with Gasteiger partial charge in [0.15, 0.2) is 17.5 Å². The van der Waals surface area contributed by atoms with E-state index in [1.54, 1.807) is 28.8 Å². The molecule has 51 heavy (non-hydrogen) atoms. The van der Waals surface area contributed by atoms with Gasteiger partial charge < -0.3 is 30.3 Å². The zero-order valence-corrected chi connectivity index (χ0v) is 30.3. The van der Waals surface area contributed by atoms with Crippen molar-refractivity contribution in [2.75, 3.05) is 58.7 Å². The van der Waals surface area contributed by atoms with Crippen molar-refractivity contribution in [2.24, 2.45) is 18.7 Å². The first-order valence-corrected chi connectivity index (χ1v) is 17.3. The van der Waals surface area contributed by atoms with E-state index in [4.69, 9.17) is 17.3 Å². The number of nitrogens with one attached hydrogen (secondary N) is 1. The van der Waals surface area contributed by atoms with Gasteiger partial charge in [-0.05, 0) is 64.7 Å². The van der Waals surface area contributed by atoms with E-state index in [9.17, 15) is 14.4 Å². The van der Waals surface area contributed by atoms with Gasteiger partial charge in [0.2, 0.25) is 5.91 Å². The first kappa shape index (κ1) is 37.6. The Hall–Kier alpha value is -4.66. The van der Waals surface area contributed by atoms with Crippen molar-refractivity contribution in [3.8, 4) is 22.4 Å². The second-order valence-electron chi connectivity index (χ2n) is 13.0. The number of nitrogens with two attached hydrogens (primary N) is 1. The monoisotopic (exact) mass is 723 g/mol. The molecule has 1 atom stereocenters. The van der Waals surface area contributed by atoms with Gasteiger partial charge in [-0.15, -0.1) is 0 Å². The average molecular weight is 724 g/mol. The summed E-state index contributed by atoms with van der Waals surface area (Å²) >= 11 is 6.53. The zero-order chi connectivity index (χ0) is 37.0. The molecule has 0 aliphatic carbocycles. The lowest BCUT2D eigenvalue weighted by Crippen LogP contribution is -2.52. The van der Waals surface area contributed by atoms with Crippen LogP contribution in [0.1, 0.15) is 46.4 Å². The number of rotatable bonds is 12. The van der Waals surface area contributed by atoms with Gasteiger partial charge in [-0.25, -0.2) is 13.8 Å². The SMILES string of the molecule is CCC(CCN(C)C)C(=O)N1CCN(C(=O)c2ccc(NC(=O)c3ncc(-c4ccc(-c5cn(CCN)nc5C)c(F)c4F)n3C)cc2Cl)CC1. The second-order valence-corrected chi connectivity index (χ2v) is 13.4. The van der Waals surface area contributed by atoms with Crippen molar-refractivity contribution in [1.29, 1.82) is 0 Å². The standard InChI is InChI=1S/C36H44ClF2N9O3/c1-6-23(11-13-44(3)4)35(50)46-15-17-47(18-16-46)36(51)26-8-7-24(19-29(26)37)42-34(49)33-41-20-30(45(33)5)27-10-9-25(31(38)32(27)39)28-21-48(14-12-40)43-22(28)2/h7-10,19-21,23H,6,11-18,40H2,1-5H3,(H,42,49). The van der Waals surface area contributed by atoms with Gasteiger partial charge in [0.25, 0.3) is 11.8 Å². The molecule has 2 aromatic carbocycles. The summed E-state index contributed by atoms with van der Waals surface area (Å²) in [5, 5.41) is 7.17. The van der Waals surface area contributed by atoms with Crippen molar-refractivity contribution in [3.63, 3.8) is 0 Å². The molecule has 1 unspecified atom stereocenters. The van der Waals surface area contributed by atoms with Crippen LogP contribution in [0.2, 0.25) is 5.02 Å². The van der Waals surface area contributed by atoms with Gasteiger partial charge in [0.05, 0.1) is 34.7 Å². The number of hydrogen-bond acceptors (Lipinski definition) is 7. The number of imidazole rings is 1. The lowest BCUT2D eigenvalue weighted by Gasteiger charge is -2.36. The molecule has 1 aliphatic heterocycles. The average Bonchev–Trinajstić information content (AvgIpc) is 3.67. The molecule has 5 rings (SSSR count). The van der Waals surface area contributed by atoms with E-state index in [0.717, 1.165) is 19.4 Å². The third kappa shape index (κ3) is 8.13. The highest BCUT2D eigenvalue weighted by Crippen LogP contribution is 2.33. The van der Waals surface area contributed by atoms with Crippen molar-refractivity contribution >= 4 is 35.0 Å². The van der Waals surface area contributed by atoms with E-state index >= 15 is 8.78 Å². The van der Waals surface area contributed by atoms with E-state index in [0.29, 0.717) is 56.2 Å². The highest BCUT2D eigenvalue weighted by Gasteiger charge is 2.29. The lowest BCUT2D eigenvalue weighted by atomic mass is 10.00.